The lowest BCUT2D eigenvalue weighted by molar-refractivity contribution is 0.250. The number of para-hydroxylation sites is 1. The van der Waals surface area contributed by atoms with Crippen LogP contribution < -0.4 is 9.22 Å². The number of benzene rings is 1. The molecule has 25 heavy (non-hydrogen) atoms. The van der Waals surface area contributed by atoms with E-state index in [4.69, 9.17) is 21.3 Å². The van der Waals surface area contributed by atoms with Crippen LogP contribution in [0.1, 0.15) is 48.4 Å². The molecule has 3 nitrogen and oxygen atoms in total. The molecule has 1 fully saturated rings. The lowest BCUT2D eigenvalue weighted by Gasteiger charge is -2.38. The molecular formula is C20H24ClN2OS+. The fourth-order valence-corrected chi connectivity index (χ4v) is 5.30. The molecule has 1 aliphatic heterocycles. The van der Waals surface area contributed by atoms with Gasteiger partial charge in [-0.1, -0.05) is 12.5 Å². The quantitative estimate of drug-likeness (QED) is 0.515. The van der Waals surface area contributed by atoms with Gasteiger partial charge in [-0.15, -0.1) is 22.9 Å². The van der Waals surface area contributed by atoms with Gasteiger partial charge in [-0.05, 0) is 25.0 Å². The fraction of sp³-hybridized carbons (Fsp3) is 0.450. The highest BCUT2D eigenvalue weighted by molar-refractivity contribution is 7.10. The maximum absolute atomic E-state index is 5.98. The fourth-order valence-electron chi connectivity index (χ4n) is 4.41. The molecule has 4 rings (SSSR count). The van der Waals surface area contributed by atoms with Crippen molar-refractivity contribution in [3.8, 4) is 5.75 Å². The van der Waals surface area contributed by atoms with Crippen LogP contribution in [0, 0.1) is 0 Å². The minimum Gasteiger partial charge on any atom is -0.491 e. The highest BCUT2D eigenvalue weighted by Crippen LogP contribution is 2.50. The van der Waals surface area contributed by atoms with Crippen molar-refractivity contribution in [2.75, 3.05) is 14.2 Å². The van der Waals surface area contributed by atoms with Crippen molar-refractivity contribution in [2.45, 2.75) is 44.0 Å². The highest BCUT2D eigenvalue weighted by Gasteiger charge is 2.44. The van der Waals surface area contributed by atoms with Gasteiger partial charge in [0, 0.05) is 18.2 Å². The Morgan fingerprint density at radius 3 is 2.76 bits per heavy atom. The molecule has 1 unspecified atom stereocenters. The predicted octanol–water partition coefficient (Wildman–Crippen LogP) is 5.56. The van der Waals surface area contributed by atoms with Gasteiger partial charge in [0.25, 0.3) is 0 Å². The standard InChI is InChI=1S/C20H24ClN2OS/c1-23(14-7-4-3-5-8-14)12-16(17-13-25-19(11-21)22-17)15-9-6-10-18(24-2)20(15)23/h6,9-10,12-14H,3-5,7-8,11H2,1-2H3/q+1. The number of halogens is 1. The van der Waals surface area contributed by atoms with E-state index < -0.39 is 0 Å². The number of thiazole rings is 1. The first-order valence-corrected chi connectivity index (χ1v) is 10.4. The lowest BCUT2D eigenvalue weighted by Crippen LogP contribution is -2.48. The SMILES string of the molecule is COc1cccc2c1[N+](C)(C1CCCCC1)C=C2c1csc(CCl)n1. The van der Waals surface area contributed by atoms with E-state index in [0.717, 1.165) is 20.9 Å². The van der Waals surface area contributed by atoms with Crippen LogP contribution in [0.3, 0.4) is 0 Å². The van der Waals surface area contributed by atoms with Gasteiger partial charge in [-0.25, -0.2) is 4.98 Å². The molecule has 0 bridgehead atoms. The highest BCUT2D eigenvalue weighted by atomic mass is 35.5. The minimum absolute atomic E-state index is 0.470. The molecule has 132 valence electrons. The summed E-state index contributed by atoms with van der Waals surface area (Å²) in [4.78, 5) is 4.74. The second-order valence-corrected chi connectivity index (χ2v) is 8.31. The van der Waals surface area contributed by atoms with Crippen molar-refractivity contribution in [2.24, 2.45) is 0 Å². The van der Waals surface area contributed by atoms with Crippen LogP contribution in [-0.4, -0.2) is 25.2 Å². The molecule has 0 saturated heterocycles. The summed E-state index contributed by atoms with van der Waals surface area (Å²) in [6.07, 6.45) is 8.93. The molecular weight excluding hydrogens is 352 g/mol. The number of rotatable bonds is 4. The van der Waals surface area contributed by atoms with E-state index in [1.165, 1.54) is 48.9 Å². The number of ether oxygens (including phenoxy) is 1. The van der Waals surface area contributed by atoms with E-state index in [9.17, 15) is 0 Å². The van der Waals surface area contributed by atoms with Crippen LogP contribution in [0.5, 0.6) is 5.75 Å². The van der Waals surface area contributed by atoms with Gasteiger partial charge >= 0.3 is 0 Å². The summed E-state index contributed by atoms with van der Waals surface area (Å²) in [7, 11) is 4.10. The summed E-state index contributed by atoms with van der Waals surface area (Å²) in [6.45, 7) is 0. The van der Waals surface area contributed by atoms with Crippen LogP contribution in [0.15, 0.2) is 29.8 Å². The first-order valence-electron chi connectivity index (χ1n) is 8.95. The molecule has 0 N–H and O–H groups in total. The minimum atomic E-state index is 0.470. The smallest absolute Gasteiger partial charge is 0.188 e. The number of nitrogens with zero attached hydrogens (tertiary/aromatic N) is 2. The second kappa shape index (κ2) is 6.75. The van der Waals surface area contributed by atoms with Gasteiger partial charge in [-0.2, -0.15) is 0 Å². The Kier molecular flexibility index (Phi) is 4.61. The van der Waals surface area contributed by atoms with E-state index in [0.29, 0.717) is 11.9 Å². The summed E-state index contributed by atoms with van der Waals surface area (Å²) < 4.78 is 6.59. The van der Waals surface area contributed by atoms with Crippen molar-refractivity contribution in [1.82, 2.24) is 9.47 Å². The Labute approximate surface area is 158 Å². The number of alkyl halides is 1. The average molecular weight is 376 g/mol. The summed E-state index contributed by atoms with van der Waals surface area (Å²) >= 11 is 7.61. The van der Waals surface area contributed by atoms with Crippen LogP contribution >= 0.6 is 22.9 Å². The Balaban J connectivity index is 1.87. The van der Waals surface area contributed by atoms with Crippen LogP contribution in [0.2, 0.25) is 0 Å². The van der Waals surface area contributed by atoms with Gasteiger partial charge in [0.1, 0.15) is 11.2 Å². The summed E-state index contributed by atoms with van der Waals surface area (Å²) in [6, 6.07) is 6.97. The van der Waals surface area contributed by atoms with Gasteiger partial charge in [0.2, 0.25) is 0 Å². The summed E-state index contributed by atoms with van der Waals surface area (Å²) in [5.74, 6) is 1.45. The Bertz CT molecular complexity index is 810. The molecule has 2 heterocycles. The van der Waals surface area contributed by atoms with Crippen molar-refractivity contribution in [1.29, 1.82) is 0 Å². The van der Waals surface area contributed by atoms with Crippen LogP contribution in [-0.2, 0) is 5.88 Å². The molecule has 5 heteroatoms. The van der Waals surface area contributed by atoms with Gasteiger partial charge < -0.3 is 4.74 Å². The Morgan fingerprint density at radius 2 is 2.08 bits per heavy atom. The number of hydrogen-bond donors (Lipinski definition) is 0. The van der Waals surface area contributed by atoms with Gasteiger partial charge in [0.15, 0.2) is 11.4 Å². The Hall–Kier alpha value is -1.36. The van der Waals surface area contributed by atoms with Crippen molar-refractivity contribution in [3.05, 3.63) is 46.0 Å². The molecule has 0 amide bonds. The molecule has 2 aliphatic rings. The van der Waals surface area contributed by atoms with Gasteiger partial charge in [0.05, 0.1) is 42.9 Å². The van der Waals surface area contributed by atoms with Crippen LogP contribution in [0.25, 0.3) is 5.57 Å². The molecule has 2 aromatic rings. The van der Waals surface area contributed by atoms with Crippen LogP contribution in [0.4, 0.5) is 5.69 Å². The molecule has 0 radical (unpaired) electrons. The number of quaternary nitrogens is 1. The maximum atomic E-state index is 5.98. The maximum Gasteiger partial charge on any atom is 0.188 e. The van der Waals surface area contributed by atoms with Crippen molar-refractivity contribution in [3.63, 3.8) is 0 Å². The monoisotopic (exact) mass is 375 g/mol. The normalized spacial score (nSPS) is 23.4. The van der Waals surface area contributed by atoms with E-state index in [1.54, 1.807) is 18.4 Å². The molecule has 1 aromatic heterocycles. The van der Waals surface area contributed by atoms with Crippen molar-refractivity contribution >= 4 is 34.2 Å². The average Bonchev–Trinajstić information content (AvgIpc) is 3.26. The van der Waals surface area contributed by atoms with E-state index in [2.05, 4.69) is 36.8 Å². The Morgan fingerprint density at radius 1 is 1.28 bits per heavy atom. The van der Waals surface area contributed by atoms with Crippen molar-refractivity contribution < 1.29 is 4.74 Å². The largest absolute Gasteiger partial charge is 0.491 e. The first kappa shape index (κ1) is 17.1. The number of aromatic nitrogens is 1. The summed E-state index contributed by atoms with van der Waals surface area (Å²) in [5.41, 5.74) is 4.79. The summed E-state index contributed by atoms with van der Waals surface area (Å²) in [5, 5.41) is 3.10. The topological polar surface area (TPSA) is 22.1 Å². The first-order chi connectivity index (χ1) is 12.2. The molecule has 1 saturated carbocycles. The third kappa shape index (κ3) is 2.80. The van der Waals surface area contributed by atoms with Gasteiger partial charge in [-0.3, -0.25) is 4.48 Å². The molecule has 1 aromatic carbocycles. The van der Waals surface area contributed by atoms with E-state index in [-0.39, 0.29) is 0 Å². The number of fused-ring (bicyclic) bond motifs is 1. The molecule has 1 atom stereocenters. The third-order valence-corrected chi connectivity index (χ3v) is 6.92. The second-order valence-electron chi connectivity index (χ2n) is 7.10. The lowest BCUT2D eigenvalue weighted by atomic mass is 9.92. The molecule has 1 aliphatic carbocycles. The zero-order chi connectivity index (χ0) is 17.4. The van der Waals surface area contributed by atoms with E-state index in [1.807, 2.05) is 0 Å². The third-order valence-electron chi connectivity index (χ3n) is 5.66. The predicted molar refractivity (Wildman–Crippen MR) is 106 cm³/mol. The number of hydrogen-bond acceptors (Lipinski definition) is 3. The zero-order valence-corrected chi connectivity index (χ0v) is 16.4. The number of methoxy groups -OCH3 is 1. The molecule has 0 spiro atoms. The zero-order valence-electron chi connectivity index (χ0n) is 14.8. The van der Waals surface area contributed by atoms with E-state index >= 15 is 0 Å².